The van der Waals surface area contributed by atoms with Gasteiger partial charge in [0.15, 0.2) is 0 Å². The second-order valence-corrected chi connectivity index (χ2v) is 16.4. The Kier molecular flexibility index (Phi) is 6.03. The molecule has 0 aliphatic heterocycles. The van der Waals surface area contributed by atoms with Gasteiger partial charge in [-0.25, -0.2) is 0 Å². The molecule has 0 spiro atoms. The molecule has 0 atom stereocenters. The molecule has 8 aromatic carbocycles. The topological polar surface area (TPSA) is 9.86 Å². The van der Waals surface area contributed by atoms with Crippen LogP contribution in [-0.4, -0.2) is 9.13 Å². The van der Waals surface area contributed by atoms with Gasteiger partial charge in [0.05, 0.1) is 22.1 Å². The quantitative estimate of drug-likeness (QED) is 0.173. The fourth-order valence-corrected chi connectivity index (χ4v) is 10.8. The van der Waals surface area contributed by atoms with Gasteiger partial charge in [-0.3, -0.25) is 0 Å². The molecular weight excluding hydrogens is 673 g/mol. The lowest BCUT2D eigenvalue weighted by Crippen LogP contribution is -2.15. The first kappa shape index (κ1) is 30.1. The molecule has 0 radical (unpaired) electrons. The maximum absolute atomic E-state index is 2.49. The van der Waals surface area contributed by atoms with Gasteiger partial charge in [-0.15, -0.1) is 11.3 Å². The van der Waals surface area contributed by atoms with Gasteiger partial charge < -0.3 is 9.13 Å². The van der Waals surface area contributed by atoms with Gasteiger partial charge in [-0.2, -0.15) is 0 Å². The Balaban J connectivity index is 1.05. The molecule has 0 N–H and O–H groups in total. The first-order chi connectivity index (χ1) is 26.5. The van der Waals surface area contributed by atoms with Gasteiger partial charge in [-0.1, -0.05) is 117 Å². The number of rotatable bonds is 3. The van der Waals surface area contributed by atoms with Crippen molar-refractivity contribution in [2.24, 2.45) is 0 Å². The maximum atomic E-state index is 2.49. The van der Waals surface area contributed by atoms with Gasteiger partial charge in [0, 0.05) is 58.5 Å². The lowest BCUT2D eigenvalue weighted by Gasteiger charge is -2.23. The third kappa shape index (κ3) is 4.00. The molecule has 11 aromatic rings. The van der Waals surface area contributed by atoms with Crippen molar-refractivity contribution in [2.45, 2.75) is 19.3 Å². The first-order valence-electron chi connectivity index (χ1n) is 18.8. The van der Waals surface area contributed by atoms with E-state index in [-0.39, 0.29) is 5.41 Å². The molecular formula is C51H34N2S. The second-order valence-electron chi connectivity index (χ2n) is 15.3. The molecule has 12 rings (SSSR count). The van der Waals surface area contributed by atoms with E-state index in [0.29, 0.717) is 0 Å². The summed E-state index contributed by atoms with van der Waals surface area (Å²) in [5.41, 5.74) is 15.1. The summed E-state index contributed by atoms with van der Waals surface area (Å²) in [6.07, 6.45) is 0. The van der Waals surface area contributed by atoms with Crippen molar-refractivity contribution in [3.05, 3.63) is 181 Å². The highest BCUT2D eigenvalue weighted by Gasteiger charge is 2.38. The average Bonchev–Trinajstić information content (AvgIpc) is 3.92. The van der Waals surface area contributed by atoms with Gasteiger partial charge in [0.25, 0.3) is 0 Å². The number of hydrogen-bond acceptors (Lipinski definition) is 1. The SMILES string of the molecule is CC1(C)c2cc(-n3c4ccccc4c4ccc(-c5ccc6c(c5)c5ccccc5n6-c5ccccc5)cc43)ccc2-c2ccc3sc4ccccc4c3c21. The molecule has 3 heterocycles. The molecule has 0 fully saturated rings. The fraction of sp³-hybridized carbons (Fsp3) is 0.0588. The smallest absolute Gasteiger partial charge is 0.0547 e. The largest absolute Gasteiger partial charge is 0.309 e. The van der Waals surface area contributed by atoms with Crippen LogP contribution < -0.4 is 0 Å². The van der Waals surface area contributed by atoms with E-state index in [4.69, 9.17) is 0 Å². The molecule has 0 amide bonds. The van der Waals surface area contributed by atoms with Gasteiger partial charge >= 0.3 is 0 Å². The Labute approximate surface area is 316 Å². The summed E-state index contributed by atoms with van der Waals surface area (Å²) in [7, 11) is 0. The third-order valence-corrected chi connectivity index (χ3v) is 13.2. The highest BCUT2D eigenvalue weighted by molar-refractivity contribution is 7.25. The minimum absolute atomic E-state index is 0.151. The Bertz CT molecular complexity index is 3350. The lowest BCUT2D eigenvalue weighted by molar-refractivity contribution is 0.666. The molecule has 0 bridgehead atoms. The summed E-state index contributed by atoms with van der Waals surface area (Å²) >= 11 is 1.91. The van der Waals surface area contributed by atoms with E-state index in [9.17, 15) is 0 Å². The Morgan fingerprint density at radius 2 is 1.02 bits per heavy atom. The third-order valence-electron chi connectivity index (χ3n) is 12.1. The summed E-state index contributed by atoms with van der Waals surface area (Å²) in [6, 6.07) is 63.1. The number of fused-ring (bicyclic) bond motifs is 13. The van der Waals surface area contributed by atoms with Gasteiger partial charge in [-0.05, 0) is 100 Å². The molecule has 54 heavy (non-hydrogen) atoms. The van der Waals surface area contributed by atoms with Crippen molar-refractivity contribution in [1.82, 2.24) is 9.13 Å². The summed E-state index contributed by atoms with van der Waals surface area (Å²) < 4.78 is 7.60. The van der Waals surface area contributed by atoms with E-state index in [1.807, 2.05) is 11.3 Å². The molecule has 3 heteroatoms. The molecule has 0 saturated carbocycles. The minimum atomic E-state index is -0.151. The summed E-state index contributed by atoms with van der Waals surface area (Å²) in [6.45, 7) is 4.84. The van der Waals surface area contributed by atoms with Crippen LogP contribution in [-0.2, 0) is 5.41 Å². The van der Waals surface area contributed by atoms with Crippen LogP contribution in [0.15, 0.2) is 170 Å². The zero-order valence-corrected chi connectivity index (χ0v) is 30.8. The van der Waals surface area contributed by atoms with E-state index in [0.717, 1.165) is 0 Å². The van der Waals surface area contributed by atoms with Crippen LogP contribution in [0.4, 0.5) is 0 Å². The number of aromatic nitrogens is 2. The van der Waals surface area contributed by atoms with Crippen molar-refractivity contribution in [3.63, 3.8) is 0 Å². The number of thiophene rings is 1. The van der Waals surface area contributed by atoms with Crippen LogP contribution in [0.25, 0.3) is 97.4 Å². The normalized spacial score (nSPS) is 13.5. The first-order valence-corrected chi connectivity index (χ1v) is 19.6. The summed E-state index contributed by atoms with van der Waals surface area (Å²) in [5, 5.41) is 7.86. The van der Waals surface area contributed by atoms with Crippen molar-refractivity contribution in [2.75, 3.05) is 0 Å². The molecule has 1 aliphatic rings. The minimum Gasteiger partial charge on any atom is -0.309 e. The van der Waals surface area contributed by atoms with E-state index < -0.39 is 0 Å². The average molecular weight is 707 g/mol. The highest BCUT2D eigenvalue weighted by atomic mass is 32.1. The summed E-state index contributed by atoms with van der Waals surface area (Å²) in [5.74, 6) is 0. The highest BCUT2D eigenvalue weighted by Crippen LogP contribution is 2.54. The van der Waals surface area contributed by atoms with Gasteiger partial charge in [0.1, 0.15) is 0 Å². The Morgan fingerprint density at radius 3 is 1.83 bits per heavy atom. The molecule has 3 aromatic heterocycles. The summed E-state index contributed by atoms with van der Waals surface area (Å²) in [4.78, 5) is 0. The monoisotopic (exact) mass is 706 g/mol. The fourth-order valence-electron chi connectivity index (χ4n) is 9.68. The van der Waals surface area contributed by atoms with Gasteiger partial charge in [0.2, 0.25) is 0 Å². The van der Waals surface area contributed by atoms with E-state index >= 15 is 0 Å². The number of hydrogen-bond donors (Lipinski definition) is 0. The second kappa shape index (κ2) is 10.8. The molecule has 254 valence electrons. The maximum Gasteiger partial charge on any atom is 0.0547 e. The standard InChI is InChI=1S/C51H34N2S/c1-51(2)42-30-34(22-24-35(42)39-25-27-48-49(50(39)51)40-16-8-11-19-47(40)54-48)53-43-17-9-6-14-36(43)38-23-20-32(29-46(38)53)31-21-26-45-41(28-31)37-15-7-10-18-44(37)52(45)33-12-4-3-5-13-33/h3-30H,1-2H3. The van der Waals surface area contributed by atoms with E-state index in [1.54, 1.807) is 0 Å². The van der Waals surface area contributed by atoms with Crippen molar-refractivity contribution in [1.29, 1.82) is 0 Å². The van der Waals surface area contributed by atoms with E-state index in [1.165, 1.54) is 109 Å². The van der Waals surface area contributed by atoms with Crippen molar-refractivity contribution in [3.8, 4) is 33.6 Å². The Morgan fingerprint density at radius 1 is 0.407 bits per heavy atom. The predicted molar refractivity (Wildman–Crippen MR) is 231 cm³/mol. The van der Waals surface area contributed by atoms with Crippen LogP contribution in [0.5, 0.6) is 0 Å². The zero-order valence-electron chi connectivity index (χ0n) is 30.0. The number of nitrogens with zero attached hydrogens (tertiary/aromatic N) is 2. The molecule has 2 nitrogen and oxygen atoms in total. The molecule has 1 aliphatic carbocycles. The Hall–Kier alpha value is -6.42. The van der Waals surface area contributed by atoms with E-state index in [2.05, 4.69) is 193 Å². The zero-order chi connectivity index (χ0) is 35.7. The molecule has 0 unspecified atom stereocenters. The van der Waals surface area contributed by atoms with Crippen LogP contribution in [0, 0.1) is 0 Å². The van der Waals surface area contributed by atoms with Crippen LogP contribution in [0.3, 0.4) is 0 Å². The van der Waals surface area contributed by atoms with Crippen molar-refractivity contribution < 1.29 is 0 Å². The van der Waals surface area contributed by atoms with Crippen LogP contribution in [0.1, 0.15) is 25.0 Å². The van der Waals surface area contributed by atoms with Crippen molar-refractivity contribution >= 4 is 75.1 Å². The lowest BCUT2D eigenvalue weighted by atomic mass is 9.80. The molecule has 0 saturated heterocycles. The van der Waals surface area contributed by atoms with Crippen LogP contribution in [0.2, 0.25) is 0 Å². The predicted octanol–water partition coefficient (Wildman–Crippen LogP) is 14.2. The number of para-hydroxylation sites is 3. The van der Waals surface area contributed by atoms with Crippen LogP contribution >= 0.6 is 11.3 Å². The number of benzene rings is 8.